The minimum absolute atomic E-state index is 0.715. The molecule has 0 amide bonds. The third kappa shape index (κ3) is 3.97. The van der Waals surface area contributed by atoms with Crippen molar-refractivity contribution in [3.63, 3.8) is 0 Å². The van der Waals surface area contributed by atoms with Gasteiger partial charge in [-0.3, -0.25) is 5.01 Å². The summed E-state index contributed by atoms with van der Waals surface area (Å²) >= 11 is 0. The van der Waals surface area contributed by atoms with Gasteiger partial charge >= 0.3 is 0 Å². The lowest BCUT2D eigenvalue weighted by Gasteiger charge is -2.11. The van der Waals surface area contributed by atoms with Crippen molar-refractivity contribution in [2.75, 3.05) is 20.7 Å². The van der Waals surface area contributed by atoms with Crippen molar-refractivity contribution < 1.29 is 4.74 Å². The van der Waals surface area contributed by atoms with Crippen molar-refractivity contribution in [2.45, 2.75) is 13.5 Å². The van der Waals surface area contributed by atoms with Crippen molar-refractivity contribution in [3.05, 3.63) is 29.8 Å². The molecule has 0 saturated heterocycles. The summed E-state index contributed by atoms with van der Waals surface area (Å²) in [5.41, 5.74) is 1.19. The van der Waals surface area contributed by atoms with Crippen LogP contribution in [0.2, 0.25) is 0 Å². The maximum absolute atomic E-state index is 5.08. The Morgan fingerprint density at radius 2 is 1.93 bits per heavy atom. The van der Waals surface area contributed by atoms with Crippen molar-refractivity contribution in [2.24, 2.45) is 10.3 Å². The predicted octanol–water partition coefficient (Wildman–Crippen LogP) is 2.51. The first-order chi connectivity index (χ1) is 7.26. The molecule has 0 heterocycles. The zero-order valence-corrected chi connectivity index (χ0v) is 9.47. The Morgan fingerprint density at radius 1 is 1.27 bits per heavy atom. The largest absolute Gasteiger partial charge is 0.497 e. The first-order valence-electron chi connectivity index (χ1n) is 4.97. The molecule has 0 N–H and O–H groups in total. The van der Waals surface area contributed by atoms with Crippen LogP contribution in [0.15, 0.2) is 34.6 Å². The van der Waals surface area contributed by atoms with Gasteiger partial charge in [-0.15, -0.1) is 0 Å². The van der Waals surface area contributed by atoms with Crippen LogP contribution in [0.1, 0.15) is 12.5 Å². The molecule has 0 aromatic heterocycles. The molecule has 1 aromatic carbocycles. The molecule has 4 heteroatoms. The lowest BCUT2D eigenvalue weighted by Crippen LogP contribution is -2.09. The molecule has 1 aromatic rings. The van der Waals surface area contributed by atoms with Crippen LogP contribution in [0, 0.1) is 0 Å². The average Bonchev–Trinajstić information content (AvgIpc) is 2.27. The Balaban J connectivity index is 2.53. The van der Waals surface area contributed by atoms with Gasteiger partial charge in [0.15, 0.2) is 0 Å². The van der Waals surface area contributed by atoms with Gasteiger partial charge in [0, 0.05) is 7.05 Å². The first-order valence-corrected chi connectivity index (χ1v) is 4.97. The van der Waals surface area contributed by atoms with Crippen LogP contribution in [-0.4, -0.2) is 25.7 Å². The van der Waals surface area contributed by atoms with Gasteiger partial charge in [0.1, 0.15) is 5.75 Å². The van der Waals surface area contributed by atoms with Crippen LogP contribution in [0.4, 0.5) is 0 Å². The van der Waals surface area contributed by atoms with Gasteiger partial charge in [0.2, 0.25) is 0 Å². The predicted molar refractivity (Wildman–Crippen MR) is 59.9 cm³/mol. The van der Waals surface area contributed by atoms with Gasteiger partial charge in [-0.05, 0) is 24.6 Å². The normalized spacial score (nSPS) is 10.6. The summed E-state index contributed by atoms with van der Waals surface area (Å²) in [5, 5.41) is 9.75. The minimum Gasteiger partial charge on any atom is -0.497 e. The van der Waals surface area contributed by atoms with Gasteiger partial charge in [-0.2, -0.15) is 5.11 Å². The molecule has 0 aliphatic heterocycles. The number of hydrogen-bond acceptors (Lipinski definition) is 3. The standard InChI is InChI=1S/C11H17N3O/c1-4-12-13-14(2)9-10-5-7-11(15-3)8-6-10/h5-8H,4,9H2,1-3H3. The monoisotopic (exact) mass is 207 g/mol. The molecular formula is C11H17N3O. The summed E-state index contributed by atoms with van der Waals surface area (Å²) < 4.78 is 5.08. The van der Waals surface area contributed by atoms with Crippen molar-refractivity contribution in [3.8, 4) is 5.75 Å². The molecule has 0 unspecified atom stereocenters. The molecule has 0 fully saturated rings. The van der Waals surface area contributed by atoms with Gasteiger partial charge in [-0.1, -0.05) is 17.4 Å². The van der Waals surface area contributed by atoms with E-state index in [0.29, 0.717) is 6.54 Å². The fraction of sp³-hybridized carbons (Fsp3) is 0.455. The lowest BCUT2D eigenvalue weighted by atomic mass is 10.2. The minimum atomic E-state index is 0.715. The second-order valence-corrected chi connectivity index (χ2v) is 3.21. The van der Waals surface area contributed by atoms with Gasteiger partial charge in [-0.25, -0.2) is 0 Å². The fourth-order valence-electron chi connectivity index (χ4n) is 1.20. The molecule has 15 heavy (non-hydrogen) atoms. The molecule has 82 valence electrons. The molecule has 0 saturated carbocycles. The second-order valence-electron chi connectivity index (χ2n) is 3.21. The maximum Gasteiger partial charge on any atom is 0.118 e. The Hall–Kier alpha value is -1.58. The van der Waals surface area contributed by atoms with E-state index in [9.17, 15) is 0 Å². The molecule has 0 bridgehead atoms. The Morgan fingerprint density at radius 3 is 2.47 bits per heavy atom. The molecule has 0 aliphatic rings. The summed E-state index contributed by atoms with van der Waals surface area (Å²) in [6, 6.07) is 7.94. The molecular weight excluding hydrogens is 190 g/mol. The van der Waals surface area contributed by atoms with Crippen molar-refractivity contribution in [1.82, 2.24) is 5.01 Å². The average molecular weight is 207 g/mol. The van der Waals surface area contributed by atoms with Crippen LogP contribution in [0.5, 0.6) is 5.75 Å². The SMILES string of the molecule is CCN=NN(C)Cc1ccc(OC)cc1. The third-order valence-electron chi connectivity index (χ3n) is 1.93. The van der Waals surface area contributed by atoms with E-state index >= 15 is 0 Å². The molecule has 4 nitrogen and oxygen atoms in total. The lowest BCUT2D eigenvalue weighted by molar-refractivity contribution is 0.318. The second kappa shape index (κ2) is 6.01. The van der Waals surface area contributed by atoms with Gasteiger partial charge in [0.05, 0.1) is 20.2 Å². The number of ether oxygens (including phenoxy) is 1. The van der Waals surface area contributed by atoms with Crippen LogP contribution >= 0.6 is 0 Å². The van der Waals surface area contributed by atoms with E-state index in [0.717, 1.165) is 12.3 Å². The summed E-state index contributed by atoms with van der Waals surface area (Å²) in [4.78, 5) is 0. The summed E-state index contributed by atoms with van der Waals surface area (Å²) in [7, 11) is 3.57. The van der Waals surface area contributed by atoms with Crippen molar-refractivity contribution in [1.29, 1.82) is 0 Å². The first kappa shape index (κ1) is 11.5. The van der Waals surface area contributed by atoms with Crippen LogP contribution in [-0.2, 0) is 6.54 Å². The van der Waals surface area contributed by atoms with E-state index in [1.807, 2.05) is 43.2 Å². The molecule has 0 atom stereocenters. The van der Waals surface area contributed by atoms with Crippen molar-refractivity contribution >= 4 is 0 Å². The number of nitrogens with zero attached hydrogens (tertiary/aromatic N) is 3. The van der Waals surface area contributed by atoms with E-state index in [1.165, 1.54) is 5.56 Å². The van der Waals surface area contributed by atoms with E-state index in [4.69, 9.17) is 4.74 Å². The highest BCUT2D eigenvalue weighted by atomic mass is 16.5. The highest BCUT2D eigenvalue weighted by Crippen LogP contribution is 2.12. The Labute approximate surface area is 90.5 Å². The van der Waals surface area contributed by atoms with E-state index < -0.39 is 0 Å². The summed E-state index contributed by atoms with van der Waals surface area (Å²) in [6.45, 7) is 3.44. The van der Waals surface area contributed by atoms with Crippen LogP contribution in [0.3, 0.4) is 0 Å². The summed E-state index contributed by atoms with van der Waals surface area (Å²) in [5.74, 6) is 0.872. The smallest absolute Gasteiger partial charge is 0.118 e. The van der Waals surface area contributed by atoms with E-state index in [2.05, 4.69) is 10.3 Å². The van der Waals surface area contributed by atoms with Crippen LogP contribution in [0.25, 0.3) is 0 Å². The molecule has 0 radical (unpaired) electrons. The topological polar surface area (TPSA) is 37.2 Å². The third-order valence-corrected chi connectivity index (χ3v) is 1.93. The fourth-order valence-corrected chi connectivity index (χ4v) is 1.20. The quantitative estimate of drug-likeness (QED) is 0.549. The summed E-state index contributed by atoms with van der Waals surface area (Å²) in [6.07, 6.45) is 0. The Bertz CT molecular complexity index is 308. The molecule has 0 aliphatic carbocycles. The number of hydrogen-bond donors (Lipinski definition) is 0. The van der Waals surface area contributed by atoms with Crippen LogP contribution < -0.4 is 4.74 Å². The number of methoxy groups -OCH3 is 1. The maximum atomic E-state index is 5.08. The van der Waals surface area contributed by atoms with E-state index in [-0.39, 0.29) is 0 Å². The van der Waals surface area contributed by atoms with Gasteiger partial charge in [0.25, 0.3) is 0 Å². The van der Waals surface area contributed by atoms with Gasteiger partial charge < -0.3 is 4.74 Å². The molecule has 1 rings (SSSR count). The Kier molecular flexibility index (Phi) is 4.60. The zero-order valence-electron chi connectivity index (χ0n) is 9.47. The zero-order chi connectivity index (χ0) is 11.1. The highest BCUT2D eigenvalue weighted by Gasteiger charge is 1.97. The molecule has 0 spiro atoms. The highest BCUT2D eigenvalue weighted by molar-refractivity contribution is 5.26. The number of rotatable bonds is 5. The van der Waals surface area contributed by atoms with E-state index in [1.54, 1.807) is 7.11 Å². The number of benzene rings is 1.